The summed E-state index contributed by atoms with van der Waals surface area (Å²) in [4.78, 5) is 62.6. The quantitative estimate of drug-likeness (QED) is 0.433. The minimum Gasteiger partial charge on any atom is -0.454 e. The monoisotopic (exact) mass is 412 g/mol. The van der Waals surface area contributed by atoms with Gasteiger partial charge in [0.2, 0.25) is 11.8 Å². The van der Waals surface area contributed by atoms with Crippen LogP contribution in [0.15, 0.2) is 24.3 Å². The van der Waals surface area contributed by atoms with Gasteiger partial charge in [-0.1, -0.05) is 12.1 Å². The number of imide groups is 1. The molecule has 2 bridgehead atoms. The summed E-state index contributed by atoms with van der Waals surface area (Å²) in [6.45, 7) is 2.32. The molecule has 1 saturated heterocycles. The van der Waals surface area contributed by atoms with Crippen LogP contribution in [0.4, 0.5) is 5.69 Å². The predicted molar refractivity (Wildman–Crippen MR) is 105 cm³/mol. The maximum absolute atomic E-state index is 12.8. The van der Waals surface area contributed by atoms with E-state index in [2.05, 4.69) is 5.32 Å². The van der Waals surface area contributed by atoms with E-state index < -0.39 is 24.5 Å². The Labute approximate surface area is 173 Å². The van der Waals surface area contributed by atoms with Crippen molar-refractivity contribution in [3.05, 3.63) is 29.8 Å². The molecule has 1 aromatic carbocycles. The smallest absolute Gasteiger partial charge is 0.329 e. The van der Waals surface area contributed by atoms with Crippen molar-refractivity contribution in [1.82, 2.24) is 4.90 Å². The van der Waals surface area contributed by atoms with Gasteiger partial charge in [-0.25, -0.2) is 4.79 Å². The molecule has 158 valence electrons. The summed E-state index contributed by atoms with van der Waals surface area (Å²) in [5.41, 5.74) is 0.856. The SMILES string of the molecule is CC(=O)c1cccc(NC(=O)COC(=O)[C@H](C)N2C(=O)[C@@H]3[C@H]4CC[C@@H](C4)[C@@H]3C2=O)c1. The molecule has 8 heteroatoms. The number of ether oxygens (including phenoxy) is 1. The van der Waals surface area contributed by atoms with E-state index in [1.807, 2.05) is 0 Å². The molecule has 5 atom stereocenters. The lowest BCUT2D eigenvalue weighted by Crippen LogP contribution is -2.45. The first-order chi connectivity index (χ1) is 14.3. The molecule has 30 heavy (non-hydrogen) atoms. The Kier molecular flexibility index (Phi) is 5.17. The number of Topliss-reactive ketones (excluding diaryl/α,β-unsaturated/α-hetero) is 1. The second kappa shape index (κ2) is 7.66. The van der Waals surface area contributed by atoms with E-state index in [1.165, 1.54) is 19.9 Å². The molecule has 1 N–H and O–H groups in total. The first-order valence-electron chi connectivity index (χ1n) is 10.2. The maximum Gasteiger partial charge on any atom is 0.329 e. The molecule has 1 heterocycles. The van der Waals surface area contributed by atoms with Crippen molar-refractivity contribution in [2.45, 2.75) is 39.2 Å². The number of nitrogens with zero attached hydrogens (tertiary/aromatic N) is 1. The molecular formula is C22H24N2O6. The summed E-state index contributed by atoms with van der Waals surface area (Å²) in [7, 11) is 0. The number of anilines is 1. The Morgan fingerprint density at radius 2 is 1.77 bits per heavy atom. The zero-order valence-electron chi connectivity index (χ0n) is 16.9. The molecule has 2 saturated carbocycles. The Hall–Kier alpha value is -3.03. The predicted octanol–water partition coefficient (Wildman–Crippen LogP) is 1.79. The van der Waals surface area contributed by atoms with Crippen molar-refractivity contribution in [2.24, 2.45) is 23.7 Å². The Bertz CT molecular complexity index is 913. The standard InChI is InChI=1S/C22H24N2O6/c1-11(24-20(27)18-14-6-7-15(8-14)19(18)21(24)28)22(29)30-10-17(26)23-16-5-3-4-13(9-16)12(2)25/h3-5,9,11,14-15,18-19H,6-8,10H2,1-2H3,(H,23,26)/t11-,14-,15-,18-,19+/m0/s1. The molecule has 0 unspecified atom stereocenters. The van der Waals surface area contributed by atoms with Crippen LogP contribution < -0.4 is 5.32 Å². The zero-order valence-corrected chi connectivity index (χ0v) is 16.9. The molecule has 3 amide bonds. The van der Waals surface area contributed by atoms with Gasteiger partial charge in [0, 0.05) is 11.3 Å². The van der Waals surface area contributed by atoms with Gasteiger partial charge in [0.25, 0.3) is 5.91 Å². The summed E-state index contributed by atoms with van der Waals surface area (Å²) in [5.74, 6) is -2.21. The van der Waals surface area contributed by atoms with Crippen LogP contribution in [0.25, 0.3) is 0 Å². The van der Waals surface area contributed by atoms with Crippen molar-refractivity contribution in [1.29, 1.82) is 0 Å². The third kappa shape index (κ3) is 3.40. The Morgan fingerprint density at radius 3 is 2.37 bits per heavy atom. The van der Waals surface area contributed by atoms with E-state index in [0.29, 0.717) is 11.3 Å². The largest absolute Gasteiger partial charge is 0.454 e. The number of esters is 1. The maximum atomic E-state index is 12.8. The summed E-state index contributed by atoms with van der Waals surface area (Å²) in [6, 6.07) is 5.34. The van der Waals surface area contributed by atoms with Gasteiger partial charge in [-0.15, -0.1) is 0 Å². The molecule has 4 rings (SSSR count). The Balaban J connectivity index is 1.33. The summed E-state index contributed by atoms with van der Waals surface area (Å²) >= 11 is 0. The molecule has 1 aliphatic heterocycles. The molecule has 8 nitrogen and oxygen atoms in total. The molecule has 3 fully saturated rings. The minimum atomic E-state index is -1.07. The van der Waals surface area contributed by atoms with Crippen LogP contribution in [0.3, 0.4) is 0 Å². The van der Waals surface area contributed by atoms with E-state index in [-0.39, 0.29) is 41.3 Å². The van der Waals surface area contributed by atoms with Gasteiger partial charge in [-0.3, -0.25) is 24.1 Å². The van der Waals surface area contributed by atoms with Crippen LogP contribution in [-0.4, -0.2) is 47.0 Å². The van der Waals surface area contributed by atoms with Gasteiger partial charge in [-0.05, 0) is 57.1 Å². The van der Waals surface area contributed by atoms with Crippen LogP contribution in [0.5, 0.6) is 0 Å². The van der Waals surface area contributed by atoms with Gasteiger partial charge in [0.05, 0.1) is 11.8 Å². The van der Waals surface area contributed by atoms with Crippen molar-refractivity contribution in [3.8, 4) is 0 Å². The van der Waals surface area contributed by atoms with E-state index in [0.717, 1.165) is 24.2 Å². The number of likely N-dealkylation sites (tertiary alicyclic amines) is 1. The third-order valence-electron chi connectivity index (χ3n) is 6.59. The van der Waals surface area contributed by atoms with E-state index >= 15 is 0 Å². The molecule has 0 radical (unpaired) electrons. The highest BCUT2D eigenvalue weighted by Gasteiger charge is 2.62. The second-order valence-electron chi connectivity index (χ2n) is 8.40. The lowest BCUT2D eigenvalue weighted by Gasteiger charge is -2.23. The summed E-state index contributed by atoms with van der Waals surface area (Å²) < 4.78 is 5.05. The third-order valence-corrected chi connectivity index (χ3v) is 6.59. The highest BCUT2D eigenvalue weighted by atomic mass is 16.5. The van der Waals surface area contributed by atoms with Crippen LogP contribution in [-0.2, 0) is 23.9 Å². The number of fused-ring (bicyclic) bond motifs is 5. The van der Waals surface area contributed by atoms with Crippen molar-refractivity contribution >= 4 is 35.2 Å². The van der Waals surface area contributed by atoms with E-state index in [9.17, 15) is 24.0 Å². The molecular weight excluding hydrogens is 388 g/mol. The molecule has 0 spiro atoms. The van der Waals surface area contributed by atoms with E-state index in [1.54, 1.807) is 18.2 Å². The second-order valence-corrected chi connectivity index (χ2v) is 8.40. The number of hydrogen-bond donors (Lipinski definition) is 1. The number of benzene rings is 1. The topological polar surface area (TPSA) is 110 Å². The normalized spacial score (nSPS) is 27.7. The number of hydrogen-bond acceptors (Lipinski definition) is 6. The fourth-order valence-corrected chi connectivity index (χ4v) is 5.19. The van der Waals surface area contributed by atoms with Gasteiger partial charge in [0.1, 0.15) is 6.04 Å². The summed E-state index contributed by atoms with van der Waals surface area (Å²) in [6.07, 6.45) is 2.84. The number of amides is 3. The van der Waals surface area contributed by atoms with Crippen LogP contribution in [0.2, 0.25) is 0 Å². The lowest BCUT2D eigenvalue weighted by molar-refractivity contribution is -0.159. The number of nitrogens with one attached hydrogen (secondary N) is 1. The van der Waals surface area contributed by atoms with Gasteiger partial charge in [-0.2, -0.15) is 0 Å². The highest BCUT2D eigenvalue weighted by Crippen LogP contribution is 2.56. The van der Waals surface area contributed by atoms with Gasteiger partial charge in [0.15, 0.2) is 12.4 Å². The number of carbonyl (C=O) groups excluding carboxylic acids is 5. The number of carbonyl (C=O) groups is 5. The number of ketones is 1. The van der Waals surface area contributed by atoms with Crippen LogP contribution in [0, 0.1) is 23.7 Å². The molecule has 2 aliphatic carbocycles. The first kappa shape index (κ1) is 20.3. The number of rotatable bonds is 6. The van der Waals surface area contributed by atoms with Crippen LogP contribution >= 0.6 is 0 Å². The van der Waals surface area contributed by atoms with Crippen LogP contribution in [0.1, 0.15) is 43.5 Å². The molecule has 1 aromatic rings. The van der Waals surface area contributed by atoms with Crippen molar-refractivity contribution < 1.29 is 28.7 Å². The fraction of sp³-hybridized carbons (Fsp3) is 0.500. The highest BCUT2D eigenvalue weighted by molar-refractivity contribution is 6.08. The van der Waals surface area contributed by atoms with Gasteiger partial charge < -0.3 is 10.1 Å². The van der Waals surface area contributed by atoms with E-state index in [4.69, 9.17) is 4.74 Å². The average molecular weight is 412 g/mol. The zero-order chi connectivity index (χ0) is 21.6. The molecule has 3 aliphatic rings. The lowest BCUT2D eigenvalue weighted by atomic mass is 9.81. The van der Waals surface area contributed by atoms with Crippen molar-refractivity contribution in [3.63, 3.8) is 0 Å². The summed E-state index contributed by atoms with van der Waals surface area (Å²) in [5, 5.41) is 2.55. The fourth-order valence-electron chi connectivity index (χ4n) is 5.19. The van der Waals surface area contributed by atoms with Gasteiger partial charge >= 0.3 is 5.97 Å². The Morgan fingerprint density at radius 1 is 1.13 bits per heavy atom. The minimum absolute atomic E-state index is 0.135. The molecule has 0 aromatic heterocycles. The van der Waals surface area contributed by atoms with Crippen molar-refractivity contribution in [2.75, 3.05) is 11.9 Å². The average Bonchev–Trinajstić information content (AvgIpc) is 3.39. The first-order valence-corrected chi connectivity index (χ1v) is 10.2.